The first-order valence-electron chi connectivity index (χ1n) is 3.76. The monoisotopic (exact) mass is 310 g/mol. The van der Waals surface area contributed by atoms with Crippen LogP contribution < -0.4 is 14.2 Å². The molecule has 1 aromatic carbocycles. The summed E-state index contributed by atoms with van der Waals surface area (Å²) in [5.74, 6) is 1.84. The molecular formula is C9H11BrO3Zn. The quantitative estimate of drug-likeness (QED) is 0.633. The zero-order chi connectivity index (χ0) is 11.0. The van der Waals surface area contributed by atoms with Crippen LogP contribution >= 0.6 is 13.6 Å². The Hall–Kier alpha value is -0.277. The molecule has 1 rings (SSSR count). The molecule has 14 heavy (non-hydrogen) atoms. The molecule has 0 saturated heterocycles. The third-order valence-corrected chi connectivity index (χ3v) is 1.52. The van der Waals surface area contributed by atoms with Crippen molar-refractivity contribution in [2.24, 2.45) is 0 Å². The molecular weight excluding hydrogens is 301 g/mol. The topological polar surface area (TPSA) is 27.7 Å². The molecule has 0 N–H and O–H groups in total. The van der Waals surface area contributed by atoms with Crippen molar-refractivity contribution < 1.29 is 30.6 Å². The number of halogens is 1. The number of rotatable bonds is 3. The van der Waals surface area contributed by atoms with E-state index in [1.54, 1.807) is 33.5 Å². The van der Waals surface area contributed by atoms with Gasteiger partial charge in [-0.3, -0.25) is 0 Å². The first kappa shape index (κ1) is 13.7. The van der Waals surface area contributed by atoms with Gasteiger partial charge in [-0.05, 0) is 0 Å². The molecule has 0 bridgehead atoms. The van der Waals surface area contributed by atoms with E-state index in [1.165, 1.54) is 16.3 Å². The minimum atomic E-state index is 0.596. The van der Waals surface area contributed by atoms with Crippen LogP contribution in [0.15, 0.2) is 12.1 Å². The van der Waals surface area contributed by atoms with Crippen molar-refractivity contribution in [1.29, 1.82) is 0 Å². The number of benzene rings is 1. The van der Waals surface area contributed by atoms with Crippen LogP contribution in [0.2, 0.25) is 0 Å². The summed E-state index contributed by atoms with van der Waals surface area (Å²) >= 11 is 4.25. The van der Waals surface area contributed by atoms with Gasteiger partial charge in [0.2, 0.25) is 0 Å². The number of hydrogen-bond donors (Lipinski definition) is 0. The van der Waals surface area contributed by atoms with Gasteiger partial charge in [0.1, 0.15) is 0 Å². The number of hydrogen-bond acceptors (Lipinski definition) is 3. The molecule has 0 aliphatic heterocycles. The first-order chi connectivity index (χ1) is 6.83. The average Bonchev–Trinajstić information content (AvgIpc) is 2.30. The zero-order valence-corrected chi connectivity index (χ0v) is 13.0. The van der Waals surface area contributed by atoms with Crippen LogP contribution in [0.5, 0.6) is 17.2 Å². The van der Waals surface area contributed by atoms with E-state index in [2.05, 4.69) is 19.7 Å². The zero-order valence-electron chi connectivity index (χ0n) is 8.46. The van der Waals surface area contributed by atoms with Crippen molar-refractivity contribution in [3.05, 3.63) is 18.2 Å². The summed E-state index contributed by atoms with van der Waals surface area (Å²) in [5.41, 5.74) is 0. The van der Waals surface area contributed by atoms with Gasteiger partial charge in [0.25, 0.3) is 0 Å². The fourth-order valence-electron chi connectivity index (χ4n) is 0.950. The number of ether oxygens (including phenoxy) is 3. The Morgan fingerprint density at radius 2 is 1.43 bits per heavy atom. The maximum atomic E-state index is 5.09. The Morgan fingerprint density at radius 1 is 1.00 bits per heavy atom. The summed E-state index contributed by atoms with van der Waals surface area (Å²) in [6.45, 7) is 0. The summed E-state index contributed by atoms with van der Waals surface area (Å²) in [4.78, 5) is 0. The molecule has 1 aromatic rings. The molecule has 0 atom stereocenters. The fraction of sp³-hybridized carbons (Fsp3) is 0.333. The predicted molar refractivity (Wildman–Crippen MR) is 53.9 cm³/mol. The SMILES string of the molecule is COc1c[c-]cc(OC)c1OC.[Zn+][Br]. The molecule has 0 radical (unpaired) electrons. The van der Waals surface area contributed by atoms with Crippen molar-refractivity contribution >= 4 is 13.6 Å². The van der Waals surface area contributed by atoms with Crippen molar-refractivity contribution in [1.82, 2.24) is 0 Å². The fourth-order valence-corrected chi connectivity index (χ4v) is 0.950. The van der Waals surface area contributed by atoms with E-state index in [0.717, 1.165) is 0 Å². The van der Waals surface area contributed by atoms with E-state index in [0.29, 0.717) is 17.2 Å². The standard InChI is InChI=1S/C9H11O3.BrH.Zn/c1-10-7-5-4-6-8(11-2)9(7)12-3;;/h5-6H,1-3H3;1H;/q-1;;+2/p-1. The molecule has 5 heteroatoms. The molecule has 3 nitrogen and oxygen atoms in total. The van der Waals surface area contributed by atoms with Crippen molar-refractivity contribution in [3.63, 3.8) is 0 Å². The van der Waals surface area contributed by atoms with Gasteiger partial charge in [0, 0.05) is 0 Å². The average molecular weight is 312 g/mol. The van der Waals surface area contributed by atoms with E-state index in [4.69, 9.17) is 14.2 Å². The molecule has 0 aliphatic carbocycles. The molecule has 74 valence electrons. The first-order valence-corrected chi connectivity index (χ1v) is 10.7. The van der Waals surface area contributed by atoms with Gasteiger partial charge in [-0.2, -0.15) is 6.07 Å². The van der Waals surface area contributed by atoms with Gasteiger partial charge < -0.3 is 14.2 Å². The Kier molecular flexibility index (Phi) is 7.91. The van der Waals surface area contributed by atoms with Gasteiger partial charge in [-0.1, -0.05) is 0 Å². The number of methoxy groups -OCH3 is 3. The summed E-state index contributed by atoms with van der Waals surface area (Å²) in [6.07, 6.45) is 0. The molecule has 0 saturated carbocycles. The van der Waals surface area contributed by atoms with E-state index >= 15 is 0 Å². The van der Waals surface area contributed by atoms with Crippen LogP contribution in [0.4, 0.5) is 0 Å². The molecule has 0 aliphatic rings. The van der Waals surface area contributed by atoms with E-state index in [-0.39, 0.29) is 0 Å². The van der Waals surface area contributed by atoms with Gasteiger partial charge >= 0.3 is 30.0 Å². The summed E-state index contributed by atoms with van der Waals surface area (Å²) < 4.78 is 15.2. The summed E-state index contributed by atoms with van der Waals surface area (Å²) in [7, 11) is 4.72. The second-order valence-corrected chi connectivity index (χ2v) is 2.13. The van der Waals surface area contributed by atoms with Crippen LogP contribution in [0.1, 0.15) is 0 Å². The maximum absolute atomic E-state index is 5.09. The van der Waals surface area contributed by atoms with Gasteiger partial charge in [0.15, 0.2) is 0 Å². The van der Waals surface area contributed by atoms with Crippen LogP contribution in [-0.2, 0) is 16.3 Å². The normalized spacial score (nSPS) is 8.43. The molecule has 0 unspecified atom stereocenters. The Bertz CT molecular complexity index is 246. The second-order valence-electron chi connectivity index (χ2n) is 2.13. The van der Waals surface area contributed by atoms with Gasteiger partial charge in [-0.25, -0.2) is 0 Å². The molecule has 0 fully saturated rings. The molecule has 0 amide bonds. The Morgan fingerprint density at radius 3 is 1.71 bits per heavy atom. The second kappa shape index (κ2) is 8.07. The molecule has 0 aromatic heterocycles. The Labute approximate surface area is 101 Å². The summed E-state index contributed by atoms with van der Waals surface area (Å²) in [6, 6.07) is 6.27. The Balaban J connectivity index is 0.000000791. The van der Waals surface area contributed by atoms with Gasteiger partial charge in [0.05, 0.1) is 38.6 Å². The van der Waals surface area contributed by atoms with Crippen molar-refractivity contribution in [3.8, 4) is 17.2 Å². The molecule has 0 heterocycles. The third-order valence-electron chi connectivity index (χ3n) is 1.52. The van der Waals surface area contributed by atoms with Crippen molar-refractivity contribution in [2.75, 3.05) is 21.3 Å². The van der Waals surface area contributed by atoms with E-state index in [1.807, 2.05) is 0 Å². The van der Waals surface area contributed by atoms with Crippen molar-refractivity contribution in [2.45, 2.75) is 0 Å². The van der Waals surface area contributed by atoms with Crippen LogP contribution in [-0.4, -0.2) is 21.3 Å². The minimum absolute atomic E-state index is 0.596. The van der Waals surface area contributed by atoms with E-state index in [9.17, 15) is 0 Å². The van der Waals surface area contributed by atoms with Gasteiger partial charge in [-0.15, -0.1) is 12.1 Å². The van der Waals surface area contributed by atoms with Crippen LogP contribution in [0.3, 0.4) is 0 Å². The molecule has 0 spiro atoms. The van der Waals surface area contributed by atoms with Crippen LogP contribution in [0.25, 0.3) is 0 Å². The summed E-state index contributed by atoms with van der Waals surface area (Å²) in [5, 5.41) is 0. The third kappa shape index (κ3) is 3.47. The van der Waals surface area contributed by atoms with Crippen LogP contribution in [0, 0.1) is 6.07 Å². The van der Waals surface area contributed by atoms with E-state index < -0.39 is 0 Å². The predicted octanol–water partition coefficient (Wildman–Crippen LogP) is 2.36.